The summed E-state index contributed by atoms with van der Waals surface area (Å²) >= 11 is 0. The van der Waals surface area contributed by atoms with Gasteiger partial charge in [-0.3, -0.25) is 14.9 Å². The lowest BCUT2D eigenvalue weighted by molar-refractivity contribution is -0.135. The van der Waals surface area contributed by atoms with Gasteiger partial charge >= 0.3 is 12.2 Å². The maximum absolute atomic E-state index is 14.8. The van der Waals surface area contributed by atoms with E-state index in [1.165, 1.54) is 7.11 Å². The molecule has 36 heavy (non-hydrogen) atoms. The molecule has 3 N–H and O–H groups in total. The number of imide groups is 1. The van der Waals surface area contributed by atoms with Crippen LogP contribution in [0, 0.1) is 5.82 Å². The third kappa shape index (κ3) is 6.32. The molecule has 1 aromatic heterocycles. The second kappa shape index (κ2) is 11.0. The second-order valence-electron chi connectivity index (χ2n) is 8.52. The van der Waals surface area contributed by atoms with Crippen LogP contribution in [0.3, 0.4) is 0 Å². The highest BCUT2D eigenvalue weighted by Crippen LogP contribution is 2.40. The zero-order valence-electron chi connectivity index (χ0n) is 19.8. The number of nitrogen functional groups attached to an aromatic ring is 1. The van der Waals surface area contributed by atoms with Gasteiger partial charge in [-0.15, -0.1) is 5.10 Å². The fourth-order valence-corrected chi connectivity index (χ4v) is 3.89. The maximum Gasteiger partial charge on any atom is 0.389 e. The van der Waals surface area contributed by atoms with Crippen molar-refractivity contribution in [2.24, 2.45) is 0 Å². The molecular weight excluding hydrogens is 486 g/mol. The number of hydrogen-bond donors (Lipinski definition) is 2. The monoisotopic (exact) mass is 513 g/mol. The Morgan fingerprint density at radius 3 is 2.53 bits per heavy atom. The molecule has 0 saturated carbocycles. The highest BCUT2D eigenvalue weighted by Gasteiger charge is 2.34. The van der Waals surface area contributed by atoms with Crippen LogP contribution in [0.1, 0.15) is 56.4 Å². The van der Waals surface area contributed by atoms with Crippen LogP contribution >= 0.6 is 0 Å². The molecule has 0 radical (unpaired) electrons. The summed E-state index contributed by atoms with van der Waals surface area (Å²) < 4.78 is 60.2. The van der Waals surface area contributed by atoms with E-state index in [0.29, 0.717) is 18.0 Å². The van der Waals surface area contributed by atoms with Crippen LogP contribution in [0.4, 0.5) is 29.3 Å². The number of amides is 2. The molecule has 0 aliphatic carbocycles. The summed E-state index contributed by atoms with van der Waals surface area (Å²) in [6.07, 6.45) is -3.83. The van der Waals surface area contributed by atoms with Crippen LogP contribution < -0.4 is 20.7 Å². The molecule has 0 spiro atoms. The van der Waals surface area contributed by atoms with Crippen LogP contribution in [-0.2, 0) is 9.59 Å². The van der Waals surface area contributed by atoms with E-state index in [1.807, 2.05) is 0 Å². The number of hydrogen-bond acceptors (Lipinski definition) is 8. The van der Waals surface area contributed by atoms with E-state index in [0.717, 1.165) is 18.7 Å². The molecule has 2 amide bonds. The molecule has 2 atom stereocenters. The number of piperidine rings is 1. The van der Waals surface area contributed by atoms with Crippen LogP contribution in [0.15, 0.2) is 23.1 Å². The number of nitrogens with two attached hydrogens (primary N) is 1. The standard InChI is InChI=1S/C16H19FN2O3.C7H8F3N3O/c1-9-7-8-19(9)12-5-3-10(14(17)15(12)22-2)11-4-6-13(20)18-16(11)21;1-4(2-3-7(8,9)10)5-12-13-6(11)14-5/h3,5,9,11H,4,6-8H2,1-2H3,(H,18,20,21);1-3H2,(H2,11,13). The van der Waals surface area contributed by atoms with Gasteiger partial charge in [0.2, 0.25) is 17.7 Å². The minimum atomic E-state index is -4.21. The lowest BCUT2D eigenvalue weighted by Gasteiger charge is -2.41. The summed E-state index contributed by atoms with van der Waals surface area (Å²) in [6, 6.07) is 3.61. The van der Waals surface area contributed by atoms with Crippen LogP contribution in [0.25, 0.3) is 5.57 Å². The molecule has 2 unspecified atom stereocenters. The van der Waals surface area contributed by atoms with Gasteiger partial charge in [0.1, 0.15) is 0 Å². The van der Waals surface area contributed by atoms with Gasteiger partial charge in [0.15, 0.2) is 11.6 Å². The average Bonchev–Trinajstić information content (AvgIpc) is 3.24. The predicted octanol–water partition coefficient (Wildman–Crippen LogP) is 3.96. The number of carbonyl (C=O) groups excluding carboxylic acids is 2. The molecule has 1 aromatic carbocycles. The Morgan fingerprint density at radius 1 is 1.31 bits per heavy atom. The minimum absolute atomic E-state index is 0.0493. The summed E-state index contributed by atoms with van der Waals surface area (Å²) in [5, 5.41) is 8.97. The molecule has 9 nitrogen and oxygen atoms in total. The number of halogens is 4. The van der Waals surface area contributed by atoms with Gasteiger partial charge in [-0.1, -0.05) is 17.7 Å². The van der Waals surface area contributed by atoms with Gasteiger partial charge in [-0.2, -0.15) is 13.2 Å². The van der Waals surface area contributed by atoms with Crippen molar-refractivity contribution in [2.45, 2.75) is 57.2 Å². The number of alkyl halides is 3. The van der Waals surface area contributed by atoms with Gasteiger partial charge in [-0.25, -0.2) is 4.39 Å². The van der Waals surface area contributed by atoms with Gasteiger partial charge in [-0.05, 0) is 32.3 Å². The number of rotatable bonds is 6. The highest BCUT2D eigenvalue weighted by atomic mass is 19.4. The molecule has 0 bridgehead atoms. The number of allylic oxidation sites excluding steroid dienone is 1. The first-order valence-corrected chi connectivity index (χ1v) is 11.2. The Morgan fingerprint density at radius 2 is 2.03 bits per heavy atom. The summed E-state index contributed by atoms with van der Waals surface area (Å²) in [5.74, 6) is -1.77. The predicted molar refractivity (Wildman–Crippen MR) is 123 cm³/mol. The lowest BCUT2D eigenvalue weighted by Crippen LogP contribution is -2.46. The minimum Gasteiger partial charge on any atom is -0.492 e. The van der Waals surface area contributed by atoms with Crippen molar-refractivity contribution in [2.75, 3.05) is 24.3 Å². The van der Waals surface area contributed by atoms with Gasteiger partial charge in [0, 0.05) is 36.6 Å². The van der Waals surface area contributed by atoms with Crippen LogP contribution in [0.5, 0.6) is 5.75 Å². The Hall–Kier alpha value is -3.64. The zero-order valence-corrected chi connectivity index (χ0v) is 19.8. The number of benzene rings is 1. The first kappa shape index (κ1) is 27.0. The lowest BCUT2D eigenvalue weighted by atomic mass is 9.89. The van der Waals surface area contributed by atoms with Crippen molar-refractivity contribution in [3.63, 3.8) is 0 Å². The summed E-state index contributed by atoms with van der Waals surface area (Å²) in [5.41, 5.74) is 6.23. The second-order valence-corrected chi connectivity index (χ2v) is 8.52. The van der Waals surface area contributed by atoms with Gasteiger partial charge in [0.25, 0.3) is 0 Å². The largest absolute Gasteiger partial charge is 0.492 e. The molecule has 13 heteroatoms. The Labute approximate surface area is 204 Å². The molecule has 2 aliphatic heterocycles. The molecule has 196 valence electrons. The maximum atomic E-state index is 14.8. The number of anilines is 2. The van der Waals surface area contributed by atoms with Crippen molar-refractivity contribution in [1.29, 1.82) is 0 Å². The third-order valence-electron chi connectivity index (χ3n) is 6.01. The Kier molecular flexibility index (Phi) is 8.21. The van der Waals surface area contributed by atoms with Crippen molar-refractivity contribution in [1.82, 2.24) is 15.5 Å². The van der Waals surface area contributed by atoms with E-state index in [4.69, 9.17) is 14.9 Å². The average molecular weight is 513 g/mol. The van der Waals surface area contributed by atoms with Crippen LogP contribution in [-0.4, -0.2) is 47.9 Å². The highest BCUT2D eigenvalue weighted by molar-refractivity contribution is 6.01. The third-order valence-corrected chi connectivity index (χ3v) is 6.01. The SMILES string of the molecule is C=C(CCC(F)(F)F)c1nnc(N)o1.COc1c(N2CCC2C)ccc(C2CCC(=O)NC2=O)c1F. The van der Waals surface area contributed by atoms with Crippen molar-refractivity contribution >= 4 is 29.1 Å². The molecule has 2 aliphatic rings. The number of nitrogens with one attached hydrogen (secondary N) is 1. The zero-order chi connectivity index (χ0) is 26.6. The molecule has 2 aromatic rings. The quantitative estimate of drug-likeness (QED) is 0.440. The Balaban J connectivity index is 0.000000223. The first-order valence-electron chi connectivity index (χ1n) is 11.2. The summed E-state index contributed by atoms with van der Waals surface area (Å²) in [7, 11) is 1.43. The normalized spacial score (nSPS) is 19.7. The molecule has 2 saturated heterocycles. The van der Waals surface area contributed by atoms with Gasteiger partial charge < -0.3 is 19.8 Å². The number of aromatic nitrogens is 2. The van der Waals surface area contributed by atoms with Crippen molar-refractivity contribution in [3.8, 4) is 5.75 Å². The van der Waals surface area contributed by atoms with E-state index in [1.54, 1.807) is 12.1 Å². The van der Waals surface area contributed by atoms with E-state index >= 15 is 0 Å². The smallest absolute Gasteiger partial charge is 0.389 e. The van der Waals surface area contributed by atoms with E-state index in [-0.39, 0.29) is 42.0 Å². The first-order chi connectivity index (χ1) is 16.9. The number of nitrogens with zero attached hydrogens (tertiary/aromatic N) is 3. The number of ether oxygens (including phenoxy) is 1. The fraction of sp³-hybridized carbons (Fsp3) is 0.478. The van der Waals surface area contributed by atoms with E-state index in [9.17, 15) is 27.2 Å². The Bertz CT molecular complexity index is 1130. The summed E-state index contributed by atoms with van der Waals surface area (Å²) in [6.45, 7) is 6.34. The molecule has 3 heterocycles. The molecule has 4 rings (SSSR count). The summed E-state index contributed by atoms with van der Waals surface area (Å²) in [4.78, 5) is 25.3. The molecular formula is C23H27F4N5O4. The van der Waals surface area contributed by atoms with E-state index < -0.39 is 30.2 Å². The topological polar surface area (TPSA) is 124 Å². The molecule has 2 fully saturated rings. The number of methoxy groups -OCH3 is 1. The fourth-order valence-electron chi connectivity index (χ4n) is 3.89. The van der Waals surface area contributed by atoms with Gasteiger partial charge in [0.05, 0.1) is 18.7 Å². The van der Waals surface area contributed by atoms with Crippen molar-refractivity contribution < 1.29 is 36.3 Å². The number of carbonyl (C=O) groups is 2. The van der Waals surface area contributed by atoms with Crippen molar-refractivity contribution in [3.05, 3.63) is 36.0 Å². The van der Waals surface area contributed by atoms with Crippen LogP contribution in [0.2, 0.25) is 0 Å². The van der Waals surface area contributed by atoms with E-state index in [2.05, 4.69) is 33.9 Å².